The van der Waals surface area contributed by atoms with Crippen molar-refractivity contribution in [2.75, 3.05) is 27.6 Å². The molecule has 0 saturated carbocycles. The molecule has 2 aromatic carbocycles. The van der Waals surface area contributed by atoms with Crippen LogP contribution in [-0.2, 0) is 27.3 Å². The van der Waals surface area contributed by atoms with Gasteiger partial charge in [-0.25, -0.2) is 0 Å². The topological polar surface area (TPSA) is 63.2 Å². The van der Waals surface area contributed by atoms with Gasteiger partial charge in [0.25, 0.3) is 0 Å². The SMILES string of the molecule is CCOC(=O)CCc1ccc(OCOC)cc1OCc1ccc(OC)cc1. The van der Waals surface area contributed by atoms with Gasteiger partial charge in [0, 0.05) is 19.6 Å². The maximum Gasteiger partial charge on any atom is 0.306 e. The number of rotatable bonds is 11. The summed E-state index contributed by atoms with van der Waals surface area (Å²) in [5, 5.41) is 0. The van der Waals surface area contributed by atoms with Crippen LogP contribution in [0.3, 0.4) is 0 Å². The first kappa shape index (κ1) is 20.6. The lowest BCUT2D eigenvalue weighted by atomic mass is 10.1. The van der Waals surface area contributed by atoms with Crippen LogP contribution in [0.4, 0.5) is 0 Å². The molecule has 2 rings (SSSR count). The van der Waals surface area contributed by atoms with E-state index in [0.29, 0.717) is 37.6 Å². The number of carbonyl (C=O) groups excluding carboxylic acids is 1. The van der Waals surface area contributed by atoms with Crippen LogP contribution >= 0.6 is 0 Å². The summed E-state index contributed by atoms with van der Waals surface area (Å²) in [4.78, 5) is 11.7. The van der Waals surface area contributed by atoms with Crippen molar-refractivity contribution in [1.29, 1.82) is 0 Å². The Balaban J connectivity index is 2.08. The van der Waals surface area contributed by atoms with Crippen molar-refractivity contribution >= 4 is 5.97 Å². The van der Waals surface area contributed by atoms with E-state index in [1.807, 2.05) is 42.5 Å². The molecule has 0 saturated heterocycles. The molecular formula is C21H26O6. The highest BCUT2D eigenvalue weighted by Crippen LogP contribution is 2.27. The highest BCUT2D eigenvalue weighted by Gasteiger charge is 2.10. The van der Waals surface area contributed by atoms with Crippen molar-refractivity contribution in [3.8, 4) is 17.2 Å². The Morgan fingerprint density at radius 2 is 1.70 bits per heavy atom. The summed E-state index contributed by atoms with van der Waals surface area (Å²) in [6.07, 6.45) is 0.826. The summed E-state index contributed by atoms with van der Waals surface area (Å²) >= 11 is 0. The fourth-order valence-corrected chi connectivity index (χ4v) is 2.45. The molecule has 0 aliphatic carbocycles. The highest BCUT2D eigenvalue weighted by molar-refractivity contribution is 5.69. The van der Waals surface area contributed by atoms with Crippen LogP contribution < -0.4 is 14.2 Å². The van der Waals surface area contributed by atoms with Crippen LogP contribution in [-0.4, -0.2) is 33.6 Å². The van der Waals surface area contributed by atoms with Crippen molar-refractivity contribution < 1.29 is 28.5 Å². The molecule has 0 amide bonds. The van der Waals surface area contributed by atoms with E-state index in [1.165, 1.54) is 0 Å². The van der Waals surface area contributed by atoms with Crippen LogP contribution in [0.25, 0.3) is 0 Å². The van der Waals surface area contributed by atoms with Crippen LogP contribution in [0.5, 0.6) is 17.2 Å². The van der Waals surface area contributed by atoms with Crippen LogP contribution in [0.2, 0.25) is 0 Å². The van der Waals surface area contributed by atoms with Crippen molar-refractivity contribution in [3.63, 3.8) is 0 Å². The molecule has 6 nitrogen and oxygen atoms in total. The number of methoxy groups -OCH3 is 2. The summed E-state index contributed by atoms with van der Waals surface area (Å²) in [6, 6.07) is 13.2. The minimum Gasteiger partial charge on any atom is -0.497 e. The Labute approximate surface area is 160 Å². The molecule has 0 radical (unpaired) electrons. The van der Waals surface area contributed by atoms with Crippen LogP contribution in [0.15, 0.2) is 42.5 Å². The van der Waals surface area contributed by atoms with Gasteiger partial charge in [0.1, 0.15) is 23.9 Å². The van der Waals surface area contributed by atoms with Gasteiger partial charge in [-0.3, -0.25) is 4.79 Å². The Morgan fingerprint density at radius 1 is 0.963 bits per heavy atom. The average molecular weight is 374 g/mol. The molecule has 0 fully saturated rings. The summed E-state index contributed by atoms with van der Waals surface area (Å²) < 4.78 is 26.6. The van der Waals surface area contributed by atoms with E-state index in [9.17, 15) is 4.79 Å². The first-order chi connectivity index (χ1) is 13.2. The molecule has 0 spiro atoms. The van der Waals surface area contributed by atoms with Crippen molar-refractivity contribution in [3.05, 3.63) is 53.6 Å². The molecule has 0 N–H and O–H groups in total. The van der Waals surface area contributed by atoms with Gasteiger partial charge in [0.15, 0.2) is 6.79 Å². The van der Waals surface area contributed by atoms with E-state index in [0.717, 1.165) is 16.9 Å². The van der Waals surface area contributed by atoms with Gasteiger partial charge >= 0.3 is 5.97 Å². The third-order valence-electron chi connectivity index (χ3n) is 3.84. The lowest BCUT2D eigenvalue weighted by molar-refractivity contribution is -0.143. The Morgan fingerprint density at radius 3 is 2.37 bits per heavy atom. The second-order valence-corrected chi connectivity index (χ2v) is 5.76. The second-order valence-electron chi connectivity index (χ2n) is 5.76. The molecule has 146 valence electrons. The Kier molecular flexibility index (Phi) is 8.45. The fourth-order valence-electron chi connectivity index (χ4n) is 2.45. The maximum absolute atomic E-state index is 11.7. The van der Waals surface area contributed by atoms with E-state index >= 15 is 0 Å². The lowest BCUT2D eigenvalue weighted by Crippen LogP contribution is -2.07. The number of hydrogen-bond acceptors (Lipinski definition) is 6. The number of esters is 1. The first-order valence-electron chi connectivity index (χ1n) is 8.82. The van der Waals surface area contributed by atoms with Crippen LogP contribution in [0, 0.1) is 0 Å². The van der Waals surface area contributed by atoms with Gasteiger partial charge < -0.3 is 23.7 Å². The van der Waals surface area contributed by atoms with Gasteiger partial charge in [-0.1, -0.05) is 18.2 Å². The maximum atomic E-state index is 11.7. The predicted molar refractivity (Wildman–Crippen MR) is 101 cm³/mol. The number of hydrogen-bond donors (Lipinski definition) is 0. The Hall–Kier alpha value is -2.73. The number of aryl methyl sites for hydroxylation is 1. The molecule has 0 atom stereocenters. The molecule has 0 aliphatic rings. The number of benzene rings is 2. The van der Waals surface area contributed by atoms with Crippen LogP contribution in [0.1, 0.15) is 24.5 Å². The predicted octanol–water partition coefficient (Wildman–Crippen LogP) is 3.75. The summed E-state index contributed by atoms with van der Waals surface area (Å²) in [5.74, 6) is 1.88. The molecule has 0 aromatic heterocycles. The van der Waals surface area contributed by atoms with Crippen molar-refractivity contribution in [1.82, 2.24) is 0 Å². The van der Waals surface area contributed by atoms with Gasteiger partial charge in [-0.05, 0) is 42.7 Å². The van der Waals surface area contributed by atoms with E-state index in [-0.39, 0.29) is 12.8 Å². The summed E-state index contributed by atoms with van der Waals surface area (Å²) in [6.45, 7) is 2.72. The summed E-state index contributed by atoms with van der Waals surface area (Å²) in [5.41, 5.74) is 1.93. The average Bonchev–Trinajstić information content (AvgIpc) is 2.70. The minimum absolute atomic E-state index is 0.153. The lowest BCUT2D eigenvalue weighted by Gasteiger charge is -2.14. The van der Waals surface area contributed by atoms with E-state index in [1.54, 1.807) is 21.1 Å². The Bertz CT molecular complexity index is 711. The third-order valence-corrected chi connectivity index (χ3v) is 3.84. The molecule has 6 heteroatoms. The first-order valence-corrected chi connectivity index (χ1v) is 8.82. The van der Waals surface area contributed by atoms with Gasteiger partial charge in [0.2, 0.25) is 0 Å². The monoisotopic (exact) mass is 374 g/mol. The molecule has 0 bridgehead atoms. The quantitative estimate of drug-likeness (QED) is 0.441. The molecule has 2 aromatic rings. The largest absolute Gasteiger partial charge is 0.497 e. The molecule has 27 heavy (non-hydrogen) atoms. The van der Waals surface area contributed by atoms with E-state index in [4.69, 9.17) is 23.7 Å². The zero-order chi connectivity index (χ0) is 19.5. The minimum atomic E-state index is -0.224. The number of carbonyl (C=O) groups is 1. The third kappa shape index (κ3) is 6.83. The molecule has 0 aliphatic heterocycles. The highest BCUT2D eigenvalue weighted by atomic mass is 16.7. The van der Waals surface area contributed by atoms with Crippen molar-refractivity contribution in [2.24, 2.45) is 0 Å². The van der Waals surface area contributed by atoms with Gasteiger partial charge in [0.05, 0.1) is 13.7 Å². The zero-order valence-electron chi connectivity index (χ0n) is 16.0. The van der Waals surface area contributed by atoms with E-state index in [2.05, 4.69) is 0 Å². The van der Waals surface area contributed by atoms with Gasteiger partial charge in [-0.2, -0.15) is 0 Å². The normalized spacial score (nSPS) is 10.3. The van der Waals surface area contributed by atoms with Crippen molar-refractivity contribution in [2.45, 2.75) is 26.4 Å². The van der Waals surface area contributed by atoms with E-state index < -0.39 is 0 Å². The smallest absolute Gasteiger partial charge is 0.306 e. The van der Waals surface area contributed by atoms with Gasteiger partial charge in [-0.15, -0.1) is 0 Å². The molecule has 0 heterocycles. The second kappa shape index (κ2) is 11.1. The fraction of sp³-hybridized carbons (Fsp3) is 0.381. The number of ether oxygens (including phenoxy) is 5. The standard InChI is InChI=1S/C21H26O6/c1-4-25-21(22)12-8-17-7-11-19(27-15-23-2)13-20(17)26-14-16-5-9-18(24-3)10-6-16/h5-7,9-11,13H,4,8,12,14-15H2,1-3H3. The molecule has 0 unspecified atom stereocenters. The molecular weight excluding hydrogens is 348 g/mol. The summed E-state index contributed by atoms with van der Waals surface area (Å²) in [7, 11) is 3.20. The zero-order valence-corrected chi connectivity index (χ0v) is 16.0.